The zero-order valence-electron chi connectivity index (χ0n) is 9.51. The van der Waals surface area contributed by atoms with E-state index in [0.717, 1.165) is 11.1 Å². The van der Waals surface area contributed by atoms with Gasteiger partial charge in [-0.15, -0.1) is 0 Å². The number of aliphatic hydroxyl groups excluding tert-OH is 1. The summed E-state index contributed by atoms with van der Waals surface area (Å²) in [6.07, 6.45) is -0.0432. The van der Waals surface area contributed by atoms with Crippen molar-refractivity contribution in [1.29, 1.82) is 0 Å². The lowest BCUT2D eigenvalue weighted by Gasteiger charge is -2.02. The minimum Gasteiger partial charge on any atom is -0.380 e. The van der Waals surface area contributed by atoms with Crippen molar-refractivity contribution in [3.8, 4) is 11.8 Å². The average Bonchev–Trinajstić information content (AvgIpc) is 2.39. The van der Waals surface area contributed by atoms with E-state index in [-0.39, 0.29) is 0 Å². The first-order chi connectivity index (χ1) is 8.34. The highest BCUT2D eigenvalue weighted by atomic mass is 16.3. The lowest BCUT2D eigenvalue weighted by Crippen LogP contribution is -2.06. The van der Waals surface area contributed by atoms with Crippen LogP contribution >= 0.6 is 0 Å². The molecule has 0 aromatic heterocycles. The summed E-state index contributed by atoms with van der Waals surface area (Å²) in [5.74, 6) is 5.82. The van der Waals surface area contributed by atoms with Gasteiger partial charge in [-0.2, -0.15) is 0 Å². The van der Waals surface area contributed by atoms with Gasteiger partial charge in [0.2, 0.25) is 0 Å². The second-order valence-corrected chi connectivity index (χ2v) is 3.84. The predicted octanol–water partition coefficient (Wildman–Crippen LogP) is 2.64. The van der Waals surface area contributed by atoms with Gasteiger partial charge in [-0.3, -0.25) is 0 Å². The molecule has 1 unspecified atom stereocenters. The van der Waals surface area contributed by atoms with E-state index in [0.29, 0.717) is 6.42 Å². The predicted molar refractivity (Wildman–Crippen MR) is 69.5 cm³/mol. The van der Waals surface area contributed by atoms with Crippen LogP contribution in [0.4, 0.5) is 0 Å². The molecular weight excluding hydrogens is 208 g/mol. The average molecular weight is 222 g/mol. The number of benzene rings is 2. The molecule has 1 nitrogen and oxygen atoms in total. The molecule has 2 rings (SSSR count). The molecule has 0 heterocycles. The molecule has 0 amide bonds. The van der Waals surface area contributed by atoms with Crippen molar-refractivity contribution in [2.24, 2.45) is 0 Å². The summed E-state index contributed by atoms with van der Waals surface area (Å²) in [6, 6.07) is 19.6. The molecule has 1 heteroatoms. The summed E-state index contributed by atoms with van der Waals surface area (Å²) in [5, 5.41) is 9.79. The molecule has 84 valence electrons. The van der Waals surface area contributed by atoms with Crippen molar-refractivity contribution >= 4 is 0 Å². The molecule has 1 N–H and O–H groups in total. The van der Waals surface area contributed by atoms with Crippen LogP contribution in [-0.4, -0.2) is 11.2 Å². The van der Waals surface area contributed by atoms with Crippen LogP contribution in [0.5, 0.6) is 0 Å². The zero-order chi connectivity index (χ0) is 11.9. The van der Waals surface area contributed by atoms with Crippen molar-refractivity contribution < 1.29 is 5.11 Å². The Morgan fingerprint density at radius 1 is 0.882 bits per heavy atom. The molecule has 1 atom stereocenters. The van der Waals surface area contributed by atoms with Crippen LogP contribution in [0.2, 0.25) is 0 Å². The first-order valence-corrected chi connectivity index (χ1v) is 5.63. The van der Waals surface area contributed by atoms with Crippen molar-refractivity contribution in [2.45, 2.75) is 12.5 Å². The van der Waals surface area contributed by atoms with E-state index >= 15 is 0 Å². The lowest BCUT2D eigenvalue weighted by atomic mass is 10.1. The summed E-state index contributed by atoms with van der Waals surface area (Å²) < 4.78 is 0. The van der Waals surface area contributed by atoms with Crippen LogP contribution in [0.25, 0.3) is 0 Å². The zero-order valence-corrected chi connectivity index (χ0v) is 9.51. The topological polar surface area (TPSA) is 20.2 Å². The maximum Gasteiger partial charge on any atom is 0.119 e. The molecular formula is C16H14O. The molecule has 0 aliphatic rings. The van der Waals surface area contributed by atoms with Crippen LogP contribution in [0.3, 0.4) is 0 Å². The third-order valence-corrected chi connectivity index (χ3v) is 2.43. The monoisotopic (exact) mass is 222 g/mol. The third kappa shape index (κ3) is 3.79. The van der Waals surface area contributed by atoms with Gasteiger partial charge in [-0.25, -0.2) is 0 Å². The minimum absolute atomic E-state index is 0.570. The van der Waals surface area contributed by atoms with Gasteiger partial charge in [0.05, 0.1) is 0 Å². The molecule has 0 bridgehead atoms. The van der Waals surface area contributed by atoms with E-state index in [2.05, 4.69) is 11.8 Å². The third-order valence-electron chi connectivity index (χ3n) is 2.43. The maximum absolute atomic E-state index is 9.79. The summed E-state index contributed by atoms with van der Waals surface area (Å²) >= 11 is 0. The fourth-order valence-electron chi connectivity index (χ4n) is 1.58. The molecule has 0 fully saturated rings. The Bertz CT molecular complexity index is 505. The van der Waals surface area contributed by atoms with Gasteiger partial charge in [-0.05, 0) is 17.7 Å². The number of hydrogen-bond donors (Lipinski definition) is 1. The quantitative estimate of drug-likeness (QED) is 0.774. The van der Waals surface area contributed by atoms with E-state index < -0.39 is 6.10 Å². The van der Waals surface area contributed by atoms with E-state index in [1.54, 1.807) is 0 Å². The molecule has 2 aromatic rings. The van der Waals surface area contributed by atoms with Gasteiger partial charge in [0.15, 0.2) is 0 Å². The van der Waals surface area contributed by atoms with E-state index in [4.69, 9.17) is 0 Å². The largest absolute Gasteiger partial charge is 0.380 e. The Hall–Kier alpha value is -2.04. The Morgan fingerprint density at radius 3 is 2.12 bits per heavy atom. The van der Waals surface area contributed by atoms with Crippen LogP contribution in [0, 0.1) is 11.8 Å². The number of aliphatic hydroxyl groups is 1. The van der Waals surface area contributed by atoms with Crippen molar-refractivity contribution in [1.82, 2.24) is 0 Å². The normalized spacial score (nSPS) is 11.4. The Kier molecular flexibility index (Phi) is 3.96. The molecule has 0 aliphatic heterocycles. The Balaban J connectivity index is 1.99. The molecule has 2 aromatic carbocycles. The molecule has 0 aliphatic carbocycles. The van der Waals surface area contributed by atoms with E-state index in [1.807, 2.05) is 60.7 Å². The molecule has 0 saturated carbocycles. The van der Waals surface area contributed by atoms with Gasteiger partial charge in [0, 0.05) is 12.0 Å². The maximum atomic E-state index is 9.79. The van der Waals surface area contributed by atoms with Crippen molar-refractivity contribution in [2.75, 3.05) is 0 Å². The highest BCUT2D eigenvalue weighted by molar-refractivity contribution is 5.34. The summed E-state index contributed by atoms with van der Waals surface area (Å²) in [4.78, 5) is 0. The smallest absolute Gasteiger partial charge is 0.119 e. The van der Waals surface area contributed by atoms with E-state index in [1.165, 1.54) is 0 Å². The summed E-state index contributed by atoms with van der Waals surface area (Å²) in [5.41, 5.74) is 2.03. The van der Waals surface area contributed by atoms with Crippen molar-refractivity contribution in [3.63, 3.8) is 0 Å². The highest BCUT2D eigenvalue weighted by Gasteiger charge is 2.00. The molecule has 0 radical (unpaired) electrons. The highest BCUT2D eigenvalue weighted by Crippen LogP contribution is 2.03. The fourth-order valence-corrected chi connectivity index (χ4v) is 1.58. The van der Waals surface area contributed by atoms with Crippen LogP contribution in [0.1, 0.15) is 11.1 Å². The number of rotatable bonds is 2. The van der Waals surface area contributed by atoms with Crippen LogP contribution < -0.4 is 0 Å². The van der Waals surface area contributed by atoms with Gasteiger partial charge >= 0.3 is 0 Å². The SMILES string of the molecule is OC(C#Cc1ccccc1)Cc1ccccc1. The minimum atomic E-state index is -0.613. The van der Waals surface area contributed by atoms with Gasteiger partial charge in [0.25, 0.3) is 0 Å². The van der Waals surface area contributed by atoms with Crippen LogP contribution in [-0.2, 0) is 6.42 Å². The fraction of sp³-hybridized carbons (Fsp3) is 0.125. The van der Waals surface area contributed by atoms with Crippen LogP contribution in [0.15, 0.2) is 60.7 Å². The second kappa shape index (κ2) is 5.89. The molecule has 0 saturated heterocycles. The molecule has 17 heavy (non-hydrogen) atoms. The van der Waals surface area contributed by atoms with Gasteiger partial charge in [-0.1, -0.05) is 60.4 Å². The first kappa shape index (κ1) is 11.4. The lowest BCUT2D eigenvalue weighted by molar-refractivity contribution is 0.233. The molecule has 0 spiro atoms. The second-order valence-electron chi connectivity index (χ2n) is 3.84. The van der Waals surface area contributed by atoms with E-state index in [9.17, 15) is 5.11 Å². The summed E-state index contributed by atoms with van der Waals surface area (Å²) in [6.45, 7) is 0. The number of hydrogen-bond acceptors (Lipinski definition) is 1. The van der Waals surface area contributed by atoms with Gasteiger partial charge in [0.1, 0.15) is 6.10 Å². The van der Waals surface area contributed by atoms with Crippen molar-refractivity contribution in [3.05, 3.63) is 71.8 Å². The van der Waals surface area contributed by atoms with Gasteiger partial charge < -0.3 is 5.11 Å². The Morgan fingerprint density at radius 2 is 1.47 bits per heavy atom. The Labute approximate surface area is 102 Å². The first-order valence-electron chi connectivity index (χ1n) is 5.63. The summed E-state index contributed by atoms with van der Waals surface area (Å²) in [7, 11) is 0. The standard InChI is InChI=1S/C16H14O/c17-16(13-15-9-5-2-6-10-15)12-11-14-7-3-1-4-8-14/h1-10,16-17H,13H2.